The molecule has 0 spiro atoms. The van der Waals surface area contributed by atoms with E-state index in [-0.39, 0.29) is 31.4 Å². The summed E-state index contributed by atoms with van der Waals surface area (Å²) in [6.45, 7) is -0.0902. The SMILES string of the molecule is COC(=O)CCCOc1c(F)cccc1CO. The number of ether oxygens (including phenoxy) is 2. The van der Waals surface area contributed by atoms with Gasteiger partial charge in [0.1, 0.15) is 0 Å². The number of rotatable bonds is 6. The lowest BCUT2D eigenvalue weighted by atomic mass is 10.2. The van der Waals surface area contributed by atoms with Crippen molar-refractivity contribution in [1.82, 2.24) is 0 Å². The second-order valence-electron chi connectivity index (χ2n) is 3.41. The Balaban J connectivity index is 2.48. The number of carbonyl (C=O) groups excluding carboxylic acids is 1. The van der Waals surface area contributed by atoms with E-state index in [4.69, 9.17) is 9.84 Å². The van der Waals surface area contributed by atoms with Crippen molar-refractivity contribution in [2.24, 2.45) is 0 Å². The number of hydrogen-bond donors (Lipinski definition) is 1. The summed E-state index contributed by atoms with van der Waals surface area (Å²) in [6.07, 6.45) is 0.658. The number of carbonyl (C=O) groups is 1. The molecule has 0 aliphatic heterocycles. The molecule has 0 atom stereocenters. The first-order valence-corrected chi connectivity index (χ1v) is 5.27. The molecule has 5 heteroatoms. The summed E-state index contributed by atoms with van der Waals surface area (Å²) in [7, 11) is 1.31. The Bertz CT molecular complexity index is 379. The van der Waals surface area contributed by atoms with E-state index in [0.29, 0.717) is 12.0 Å². The van der Waals surface area contributed by atoms with E-state index in [0.717, 1.165) is 0 Å². The molecule has 0 fully saturated rings. The molecule has 1 rings (SSSR count). The maximum atomic E-state index is 13.4. The minimum atomic E-state index is -0.519. The molecule has 0 saturated heterocycles. The lowest BCUT2D eigenvalue weighted by Gasteiger charge is -2.10. The zero-order valence-electron chi connectivity index (χ0n) is 9.61. The Hall–Kier alpha value is -1.62. The van der Waals surface area contributed by atoms with Crippen molar-refractivity contribution < 1.29 is 23.8 Å². The van der Waals surface area contributed by atoms with Gasteiger partial charge in [0.05, 0.1) is 20.3 Å². The quantitative estimate of drug-likeness (QED) is 0.608. The highest BCUT2D eigenvalue weighted by Crippen LogP contribution is 2.22. The molecule has 0 saturated carbocycles. The van der Waals surface area contributed by atoms with Crippen LogP contribution in [0.1, 0.15) is 18.4 Å². The van der Waals surface area contributed by atoms with Gasteiger partial charge in [-0.05, 0) is 12.5 Å². The van der Waals surface area contributed by atoms with Crippen LogP contribution in [0, 0.1) is 5.82 Å². The molecule has 1 N–H and O–H groups in total. The molecule has 0 aliphatic carbocycles. The zero-order valence-corrected chi connectivity index (χ0v) is 9.61. The average molecular weight is 242 g/mol. The Labute approximate surface area is 99.0 Å². The van der Waals surface area contributed by atoms with Gasteiger partial charge < -0.3 is 14.6 Å². The van der Waals surface area contributed by atoms with Gasteiger partial charge >= 0.3 is 5.97 Å². The number of para-hydroxylation sites is 1. The number of benzene rings is 1. The maximum absolute atomic E-state index is 13.4. The van der Waals surface area contributed by atoms with Gasteiger partial charge in [-0.3, -0.25) is 4.79 Å². The van der Waals surface area contributed by atoms with Crippen molar-refractivity contribution in [3.63, 3.8) is 0 Å². The first-order chi connectivity index (χ1) is 8.19. The molecule has 0 heterocycles. The summed E-state index contributed by atoms with van der Waals surface area (Å²) in [6, 6.07) is 4.34. The summed E-state index contributed by atoms with van der Waals surface area (Å²) in [5.41, 5.74) is 0.392. The molecular formula is C12H15FO4. The first kappa shape index (κ1) is 13.4. The Morgan fingerprint density at radius 1 is 1.47 bits per heavy atom. The topological polar surface area (TPSA) is 55.8 Å². The number of esters is 1. The number of aliphatic hydroxyl groups excluding tert-OH is 1. The lowest BCUT2D eigenvalue weighted by molar-refractivity contribution is -0.140. The van der Waals surface area contributed by atoms with Gasteiger partial charge in [-0.15, -0.1) is 0 Å². The molecule has 0 aromatic heterocycles. The van der Waals surface area contributed by atoms with Crippen LogP contribution >= 0.6 is 0 Å². The van der Waals surface area contributed by atoms with Crippen molar-refractivity contribution in [3.05, 3.63) is 29.6 Å². The lowest BCUT2D eigenvalue weighted by Crippen LogP contribution is -2.06. The smallest absolute Gasteiger partial charge is 0.305 e. The molecular weight excluding hydrogens is 227 g/mol. The van der Waals surface area contributed by atoms with Gasteiger partial charge in [0, 0.05) is 12.0 Å². The average Bonchev–Trinajstić information content (AvgIpc) is 2.35. The van der Waals surface area contributed by atoms with E-state index < -0.39 is 5.82 Å². The first-order valence-electron chi connectivity index (χ1n) is 5.27. The van der Waals surface area contributed by atoms with Gasteiger partial charge in [-0.2, -0.15) is 0 Å². The zero-order chi connectivity index (χ0) is 12.7. The van der Waals surface area contributed by atoms with Crippen molar-refractivity contribution >= 4 is 5.97 Å². The molecule has 94 valence electrons. The number of halogens is 1. The highest BCUT2D eigenvalue weighted by molar-refractivity contribution is 5.69. The van der Waals surface area contributed by atoms with Crippen LogP contribution in [-0.4, -0.2) is 24.8 Å². The van der Waals surface area contributed by atoms with Gasteiger partial charge in [-0.25, -0.2) is 4.39 Å². The van der Waals surface area contributed by atoms with Crippen LogP contribution in [0.2, 0.25) is 0 Å². The molecule has 1 aromatic carbocycles. The van der Waals surface area contributed by atoms with Crippen LogP contribution in [0.4, 0.5) is 4.39 Å². The third-order valence-electron chi connectivity index (χ3n) is 2.22. The highest BCUT2D eigenvalue weighted by Gasteiger charge is 2.09. The summed E-state index contributed by atoms with van der Waals surface area (Å²) in [4.78, 5) is 10.8. The monoisotopic (exact) mass is 242 g/mol. The number of aliphatic hydroxyl groups is 1. The third kappa shape index (κ3) is 4.03. The molecule has 0 amide bonds. The van der Waals surface area contributed by atoms with Gasteiger partial charge in [0.25, 0.3) is 0 Å². The Morgan fingerprint density at radius 2 is 2.24 bits per heavy atom. The van der Waals surface area contributed by atoms with Crippen molar-refractivity contribution in [1.29, 1.82) is 0 Å². The fourth-order valence-electron chi connectivity index (χ4n) is 1.33. The van der Waals surface area contributed by atoms with E-state index in [1.54, 1.807) is 6.07 Å². The molecule has 0 aliphatic rings. The summed E-state index contributed by atoms with van der Waals surface area (Å²) >= 11 is 0. The van der Waals surface area contributed by atoms with Crippen LogP contribution in [0.5, 0.6) is 5.75 Å². The van der Waals surface area contributed by atoms with Gasteiger partial charge in [0.15, 0.2) is 11.6 Å². The molecule has 1 aromatic rings. The predicted molar refractivity (Wildman–Crippen MR) is 59.1 cm³/mol. The number of methoxy groups -OCH3 is 1. The molecule has 0 bridgehead atoms. The van der Waals surface area contributed by atoms with Crippen molar-refractivity contribution in [3.8, 4) is 5.75 Å². The van der Waals surface area contributed by atoms with Crippen LogP contribution in [0.25, 0.3) is 0 Å². The fraction of sp³-hybridized carbons (Fsp3) is 0.417. The third-order valence-corrected chi connectivity index (χ3v) is 2.22. The van der Waals surface area contributed by atoms with Crippen LogP contribution < -0.4 is 4.74 Å². The summed E-state index contributed by atoms with van der Waals surface area (Å²) in [5, 5.41) is 9.00. The van der Waals surface area contributed by atoms with E-state index >= 15 is 0 Å². The summed E-state index contributed by atoms with van der Waals surface area (Å²) < 4.78 is 23.0. The highest BCUT2D eigenvalue weighted by atomic mass is 19.1. The van der Waals surface area contributed by atoms with Crippen molar-refractivity contribution in [2.75, 3.05) is 13.7 Å². The van der Waals surface area contributed by atoms with E-state index in [1.165, 1.54) is 19.2 Å². The second kappa shape index (κ2) is 6.85. The normalized spacial score (nSPS) is 10.1. The minimum Gasteiger partial charge on any atom is -0.490 e. The standard InChI is InChI=1S/C12H15FO4/c1-16-11(15)6-3-7-17-12-9(8-14)4-2-5-10(12)13/h2,4-5,14H,3,6-8H2,1H3. The second-order valence-corrected chi connectivity index (χ2v) is 3.41. The van der Waals surface area contributed by atoms with E-state index in [9.17, 15) is 9.18 Å². The fourth-order valence-corrected chi connectivity index (χ4v) is 1.33. The van der Waals surface area contributed by atoms with Gasteiger partial charge in [0.2, 0.25) is 0 Å². The van der Waals surface area contributed by atoms with Crippen LogP contribution in [0.15, 0.2) is 18.2 Å². The minimum absolute atomic E-state index is 0.0415. The van der Waals surface area contributed by atoms with Gasteiger partial charge in [-0.1, -0.05) is 12.1 Å². The largest absolute Gasteiger partial charge is 0.490 e. The van der Waals surface area contributed by atoms with E-state index in [1.807, 2.05) is 0 Å². The predicted octanol–water partition coefficient (Wildman–Crippen LogP) is 1.65. The molecule has 4 nitrogen and oxygen atoms in total. The maximum Gasteiger partial charge on any atom is 0.305 e. The Morgan fingerprint density at radius 3 is 2.88 bits per heavy atom. The van der Waals surface area contributed by atoms with Crippen LogP contribution in [0.3, 0.4) is 0 Å². The molecule has 0 radical (unpaired) electrons. The summed E-state index contributed by atoms with van der Waals surface area (Å²) in [5.74, 6) is -0.806. The molecule has 17 heavy (non-hydrogen) atoms. The van der Waals surface area contributed by atoms with Crippen molar-refractivity contribution in [2.45, 2.75) is 19.4 Å². The number of hydrogen-bond acceptors (Lipinski definition) is 4. The molecule has 0 unspecified atom stereocenters. The Kier molecular flexibility index (Phi) is 5.42. The van der Waals surface area contributed by atoms with E-state index in [2.05, 4.69) is 4.74 Å². The van der Waals surface area contributed by atoms with Crippen LogP contribution in [-0.2, 0) is 16.1 Å².